The lowest BCUT2D eigenvalue weighted by molar-refractivity contribution is -0.119. The van der Waals surface area contributed by atoms with Crippen molar-refractivity contribution in [3.05, 3.63) is 37.4 Å². The quantitative estimate of drug-likeness (QED) is 0.416. The second-order valence-corrected chi connectivity index (χ2v) is 9.30. The predicted molar refractivity (Wildman–Crippen MR) is 120 cm³/mol. The standard InChI is InChI=1S/C21H24N2O7S2/c1-11-16(21(27)29-8-7-28-2)19(32-17(11)18(22)25)23-15(24)10-30-20(26)14-9-12-5-3-4-6-13(12)31-14/h9H,3-8,10H2,1-2H3,(H2,22,25)(H,23,24). The van der Waals surface area contributed by atoms with Crippen LogP contribution in [-0.2, 0) is 31.8 Å². The summed E-state index contributed by atoms with van der Waals surface area (Å²) >= 11 is 2.26. The van der Waals surface area contributed by atoms with Crippen molar-refractivity contribution < 1.29 is 33.4 Å². The summed E-state index contributed by atoms with van der Waals surface area (Å²) in [6.07, 6.45) is 4.11. The zero-order valence-corrected chi connectivity index (χ0v) is 19.4. The molecule has 2 heterocycles. The molecule has 0 aliphatic heterocycles. The highest BCUT2D eigenvalue weighted by atomic mass is 32.1. The van der Waals surface area contributed by atoms with Gasteiger partial charge in [0.25, 0.3) is 11.8 Å². The number of nitrogens with one attached hydrogen (secondary N) is 1. The summed E-state index contributed by atoms with van der Waals surface area (Å²) in [7, 11) is 1.47. The van der Waals surface area contributed by atoms with E-state index in [2.05, 4.69) is 5.32 Å². The molecule has 0 aromatic carbocycles. The average molecular weight is 481 g/mol. The number of anilines is 1. The van der Waals surface area contributed by atoms with Gasteiger partial charge in [-0.1, -0.05) is 0 Å². The molecule has 3 rings (SSSR count). The van der Waals surface area contributed by atoms with Crippen LogP contribution in [0.1, 0.15) is 58.5 Å². The minimum atomic E-state index is -0.730. The maximum absolute atomic E-state index is 12.5. The Bertz CT molecular complexity index is 1020. The molecule has 0 saturated heterocycles. The van der Waals surface area contributed by atoms with E-state index in [-0.39, 0.29) is 28.7 Å². The first-order chi connectivity index (χ1) is 15.3. The highest BCUT2D eigenvalue weighted by molar-refractivity contribution is 7.18. The first-order valence-electron chi connectivity index (χ1n) is 9.99. The van der Waals surface area contributed by atoms with Gasteiger partial charge >= 0.3 is 11.9 Å². The minimum Gasteiger partial charge on any atom is -0.460 e. The molecule has 2 aromatic rings. The van der Waals surface area contributed by atoms with Crippen molar-refractivity contribution in [2.45, 2.75) is 32.6 Å². The number of fused-ring (bicyclic) bond motifs is 1. The van der Waals surface area contributed by atoms with E-state index in [4.69, 9.17) is 19.9 Å². The van der Waals surface area contributed by atoms with Crippen LogP contribution in [0.25, 0.3) is 0 Å². The molecule has 0 saturated carbocycles. The van der Waals surface area contributed by atoms with Crippen LogP contribution in [0.15, 0.2) is 6.07 Å². The van der Waals surface area contributed by atoms with Gasteiger partial charge in [-0.3, -0.25) is 9.59 Å². The van der Waals surface area contributed by atoms with E-state index in [1.807, 2.05) is 6.07 Å². The van der Waals surface area contributed by atoms with E-state index in [1.54, 1.807) is 0 Å². The van der Waals surface area contributed by atoms with E-state index in [0.717, 1.165) is 37.0 Å². The van der Waals surface area contributed by atoms with Gasteiger partial charge in [0.2, 0.25) is 0 Å². The number of nitrogens with two attached hydrogens (primary N) is 1. The molecule has 0 spiro atoms. The molecule has 1 aliphatic carbocycles. The molecule has 11 heteroatoms. The summed E-state index contributed by atoms with van der Waals surface area (Å²) in [4.78, 5) is 50.7. The summed E-state index contributed by atoms with van der Waals surface area (Å²) in [5.74, 6) is -2.67. The fourth-order valence-corrected chi connectivity index (χ4v) is 5.54. The number of hydrogen-bond donors (Lipinski definition) is 2. The Morgan fingerprint density at radius 3 is 2.50 bits per heavy atom. The van der Waals surface area contributed by atoms with Crippen LogP contribution >= 0.6 is 22.7 Å². The molecule has 0 unspecified atom stereocenters. The molecule has 32 heavy (non-hydrogen) atoms. The lowest BCUT2D eigenvalue weighted by Crippen LogP contribution is -2.21. The number of amides is 2. The van der Waals surface area contributed by atoms with Crippen molar-refractivity contribution in [2.75, 3.05) is 32.2 Å². The number of aryl methyl sites for hydroxylation is 2. The van der Waals surface area contributed by atoms with Crippen LogP contribution in [-0.4, -0.2) is 50.7 Å². The minimum absolute atomic E-state index is 0.00626. The van der Waals surface area contributed by atoms with Crippen LogP contribution in [0.3, 0.4) is 0 Å². The molecular formula is C21H24N2O7S2. The first-order valence-corrected chi connectivity index (χ1v) is 11.6. The molecule has 9 nitrogen and oxygen atoms in total. The molecule has 172 valence electrons. The number of ether oxygens (including phenoxy) is 3. The molecular weight excluding hydrogens is 456 g/mol. The van der Waals surface area contributed by atoms with E-state index in [1.165, 1.54) is 35.8 Å². The molecule has 0 fully saturated rings. The average Bonchev–Trinajstić information content (AvgIpc) is 3.33. The summed E-state index contributed by atoms with van der Waals surface area (Å²) in [6.45, 7) is 1.20. The number of methoxy groups -OCH3 is 1. The fraction of sp³-hybridized carbons (Fsp3) is 0.429. The number of carbonyl (C=O) groups excluding carboxylic acids is 4. The highest BCUT2D eigenvalue weighted by Gasteiger charge is 2.26. The monoisotopic (exact) mass is 480 g/mol. The van der Waals surface area contributed by atoms with Gasteiger partial charge in [-0.2, -0.15) is 0 Å². The second kappa shape index (κ2) is 10.7. The third-order valence-corrected chi connectivity index (χ3v) is 7.32. The third kappa shape index (κ3) is 5.53. The molecule has 2 amide bonds. The summed E-state index contributed by atoms with van der Waals surface area (Å²) in [5, 5.41) is 2.62. The van der Waals surface area contributed by atoms with E-state index < -0.39 is 30.4 Å². The molecule has 0 radical (unpaired) electrons. The molecule has 0 atom stereocenters. The lowest BCUT2D eigenvalue weighted by atomic mass is 9.99. The lowest BCUT2D eigenvalue weighted by Gasteiger charge is -2.08. The Balaban J connectivity index is 1.66. The van der Waals surface area contributed by atoms with Crippen molar-refractivity contribution in [1.29, 1.82) is 0 Å². The van der Waals surface area contributed by atoms with Gasteiger partial charge in [-0.05, 0) is 49.8 Å². The summed E-state index contributed by atoms with van der Waals surface area (Å²) in [5.41, 5.74) is 6.88. The maximum atomic E-state index is 12.5. The van der Waals surface area contributed by atoms with Gasteiger partial charge in [0.05, 0.1) is 17.0 Å². The molecule has 1 aliphatic rings. The van der Waals surface area contributed by atoms with Crippen LogP contribution in [0.2, 0.25) is 0 Å². The van der Waals surface area contributed by atoms with Crippen LogP contribution < -0.4 is 11.1 Å². The van der Waals surface area contributed by atoms with Gasteiger partial charge in [0, 0.05) is 12.0 Å². The number of primary amides is 1. The van der Waals surface area contributed by atoms with Gasteiger partial charge in [-0.25, -0.2) is 9.59 Å². The van der Waals surface area contributed by atoms with Crippen molar-refractivity contribution in [3.63, 3.8) is 0 Å². The topological polar surface area (TPSA) is 134 Å². The first kappa shape index (κ1) is 23.9. The van der Waals surface area contributed by atoms with E-state index in [9.17, 15) is 19.2 Å². The number of rotatable bonds is 9. The van der Waals surface area contributed by atoms with Crippen molar-refractivity contribution in [3.8, 4) is 0 Å². The molecule has 2 aromatic heterocycles. The molecule has 3 N–H and O–H groups in total. The SMILES string of the molecule is COCCOC(=O)c1c(NC(=O)COC(=O)c2cc3c(s2)CCCC3)sc(C(N)=O)c1C. The second-order valence-electron chi connectivity index (χ2n) is 7.14. The fourth-order valence-electron chi connectivity index (χ4n) is 3.33. The van der Waals surface area contributed by atoms with Crippen molar-refractivity contribution >= 4 is 51.4 Å². The largest absolute Gasteiger partial charge is 0.460 e. The van der Waals surface area contributed by atoms with Crippen LogP contribution in [0, 0.1) is 6.92 Å². The summed E-state index contributed by atoms with van der Waals surface area (Å²) in [6, 6.07) is 1.83. The van der Waals surface area contributed by atoms with Gasteiger partial charge in [0.15, 0.2) is 6.61 Å². The Hall–Kier alpha value is -2.76. The number of thiophene rings is 2. The number of esters is 2. The normalized spacial score (nSPS) is 12.7. The predicted octanol–water partition coefficient (Wildman–Crippen LogP) is 2.69. The molecule has 0 bridgehead atoms. The Kier molecular flexibility index (Phi) is 7.99. The van der Waals surface area contributed by atoms with Crippen molar-refractivity contribution in [1.82, 2.24) is 0 Å². The summed E-state index contributed by atoms with van der Waals surface area (Å²) < 4.78 is 15.1. The maximum Gasteiger partial charge on any atom is 0.348 e. The Labute approximate surface area is 192 Å². The number of carbonyl (C=O) groups is 4. The third-order valence-electron chi connectivity index (χ3n) is 4.88. The Morgan fingerprint density at radius 2 is 1.81 bits per heavy atom. The van der Waals surface area contributed by atoms with Gasteiger partial charge in [0.1, 0.15) is 16.5 Å². The smallest absolute Gasteiger partial charge is 0.348 e. The highest BCUT2D eigenvalue weighted by Crippen LogP contribution is 2.34. The van der Waals surface area contributed by atoms with Crippen LogP contribution in [0.4, 0.5) is 5.00 Å². The van der Waals surface area contributed by atoms with Crippen molar-refractivity contribution in [2.24, 2.45) is 5.73 Å². The van der Waals surface area contributed by atoms with E-state index in [0.29, 0.717) is 10.4 Å². The number of hydrogen-bond acceptors (Lipinski definition) is 9. The van der Waals surface area contributed by atoms with Gasteiger partial charge in [-0.15, -0.1) is 22.7 Å². The van der Waals surface area contributed by atoms with Gasteiger partial charge < -0.3 is 25.3 Å². The van der Waals surface area contributed by atoms with Crippen LogP contribution in [0.5, 0.6) is 0 Å². The Morgan fingerprint density at radius 1 is 1.06 bits per heavy atom. The zero-order valence-electron chi connectivity index (χ0n) is 17.8. The zero-order chi connectivity index (χ0) is 23.3. The van der Waals surface area contributed by atoms with E-state index >= 15 is 0 Å².